The van der Waals surface area contributed by atoms with E-state index in [2.05, 4.69) is 31.4 Å². The molecule has 5 nitrogen and oxygen atoms in total. The molecule has 0 radical (unpaired) electrons. The van der Waals surface area contributed by atoms with E-state index in [9.17, 15) is 9.59 Å². The lowest BCUT2D eigenvalue weighted by Crippen LogP contribution is -2.34. The number of fused-ring (bicyclic) bond motifs is 3. The zero-order chi connectivity index (χ0) is 28.7. The second kappa shape index (κ2) is 12.5. The minimum absolute atomic E-state index is 0.0848. The van der Waals surface area contributed by atoms with E-state index in [1.165, 1.54) is 0 Å². The Bertz CT molecular complexity index is 1600. The Labute approximate surface area is 240 Å². The van der Waals surface area contributed by atoms with Crippen molar-refractivity contribution in [3.8, 4) is 11.5 Å². The number of hydrogen-bond acceptors (Lipinski definition) is 5. The van der Waals surface area contributed by atoms with Crippen molar-refractivity contribution in [1.82, 2.24) is 0 Å². The van der Waals surface area contributed by atoms with E-state index in [0.29, 0.717) is 24.3 Å². The highest BCUT2D eigenvalue weighted by Crippen LogP contribution is 2.46. The molecule has 0 aromatic heterocycles. The summed E-state index contributed by atoms with van der Waals surface area (Å²) >= 11 is 0. The third kappa shape index (κ3) is 5.99. The van der Waals surface area contributed by atoms with Crippen LogP contribution in [0.5, 0.6) is 11.5 Å². The molecule has 1 atom stereocenters. The Morgan fingerprint density at radius 2 is 1.46 bits per heavy atom. The van der Waals surface area contributed by atoms with Crippen LogP contribution in [0.3, 0.4) is 0 Å². The lowest BCUT2D eigenvalue weighted by molar-refractivity contribution is -0.145. The van der Waals surface area contributed by atoms with E-state index >= 15 is 0 Å². The second-order valence-electron chi connectivity index (χ2n) is 9.85. The molecule has 0 saturated carbocycles. The van der Waals surface area contributed by atoms with Crippen molar-refractivity contribution in [2.45, 2.75) is 37.9 Å². The normalized spacial score (nSPS) is 15.4. The first-order valence-electron chi connectivity index (χ1n) is 13.7. The molecule has 5 rings (SSSR count). The van der Waals surface area contributed by atoms with Crippen LogP contribution in [0.15, 0.2) is 116 Å². The molecule has 41 heavy (non-hydrogen) atoms. The fraction of sp³-hybridized carbons (Fsp3) is 0.167. The molecule has 5 heteroatoms. The minimum atomic E-state index is -0.969. The highest BCUT2D eigenvalue weighted by Gasteiger charge is 2.38. The summed E-state index contributed by atoms with van der Waals surface area (Å²) in [5, 5.41) is 2.08. The van der Waals surface area contributed by atoms with Crippen molar-refractivity contribution in [3.05, 3.63) is 139 Å². The maximum atomic E-state index is 12.4. The van der Waals surface area contributed by atoms with E-state index in [1.54, 1.807) is 24.3 Å². The van der Waals surface area contributed by atoms with Crippen LogP contribution < -0.4 is 9.47 Å². The first-order chi connectivity index (χ1) is 20.0. The van der Waals surface area contributed by atoms with Gasteiger partial charge in [0.25, 0.3) is 0 Å². The average molecular weight is 545 g/mol. The summed E-state index contributed by atoms with van der Waals surface area (Å²) in [6, 6.07) is 27.5. The molecule has 0 N–H and O–H groups in total. The maximum absolute atomic E-state index is 12.4. The Morgan fingerprint density at radius 3 is 2.20 bits per heavy atom. The topological polar surface area (TPSA) is 61.8 Å². The van der Waals surface area contributed by atoms with Crippen LogP contribution in [0.4, 0.5) is 0 Å². The smallest absolute Gasteiger partial charge is 0.311 e. The maximum Gasteiger partial charge on any atom is 0.311 e. The molecule has 1 unspecified atom stereocenters. The van der Waals surface area contributed by atoms with Gasteiger partial charge >= 0.3 is 11.9 Å². The van der Waals surface area contributed by atoms with Gasteiger partial charge in [0, 0.05) is 35.1 Å². The van der Waals surface area contributed by atoms with Gasteiger partial charge in [0.05, 0.1) is 0 Å². The highest BCUT2D eigenvalue weighted by molar-refractivity contribution is 5.95. The molecule has 4 aromatic carbocycles. The van der Waals surface area contributed by atoms with E-state index in [-0.39, 0.29) is 31.4 Å². The van der Waals surface area contributed by atoms with E-state index in [0.717, 1.165) is 33.0 Å². The van der Waals surface area contributed by atoms with Crippen molar-refractivity contribution in [2.24, 2.45) is 0 Å². The summed E-state index contributed by atoms with van der Waals surface area (Å²) in [5.74, 6) is 0.527. The van der Waals surface area contributed by atoms with Crippen molar-refractivity contribution in [1.29, 1.82) is 0 Å². The molecule has 1 heterocycles. The number of carbonyl (C=O) groups is 2. The Kier molecular flexibility index (Phi) is 8.44. The van der Waals surface area contributed by atoms with Crippen LogP contribution in [0.2, 0.25) is 0 Å². The van der Waals surface area contributed by atoms with Crippen molar-refractivity contribution >= 4 is 28.8 Å². The summed E-state index contributed by atoms with van der Waals surface area (Å²) in [6.07, 6.45) is 9.21. The molecule has 0 aliphatic carbocycles. The molecular weight excluding hydrogens is 512 g/mol. The summed E-state index contributed by atoms with van der Waals surface area (Å²) in [4.78, 5) is 24.5. The molecule has 0 saturated heterocycles. The quantitative estimate of drug-likeness (QED) is 0.109. The minimum Gasteiger partial charge on any atom is -0.473 e. The summed E-state index contributed by atoms with van der Waals surface area (Å²) in [5.41, 5.74) is 2.53. The zero-order valence-corrected chi connectivity index (χ0v) is 22.9. The third-order valence-corrected chi connectivity index (χ3v) is 7.08. The van der Waals surface area contributed by atoms with Crippen LogP contribution in [-0.4, -0.2) is 11.9 Å². The van der Waals surface area contributed by atoms with Gasteiger partial charge in [0.2, 0.25) is 0 Å². The van der Waals surface area contributed by atoms with E-state index in [4.69, 9.17) is 14.2 Å². The highest BCUT2D eigenvalue weighted by atomic mass is 16.5. The van der Waals surface area contributed by atoms with Crippen molar-refractivity contribution in [2.75, 3.05) is 0 Å². The standard InChI is InChI=1S/C36H32O5/c1-3-5-16-33(37)39-25-27-24-26-12-10-11-15-31(26)32-22-23-36(41-35(27)32,28-13-8-7-9-14-28)29-18-20-30(21-19-29)40-34(38)17-6-4-2/h3-4,7-15,18-24H,1-2,5-6,16-17,25H2. The van der Waals surface area contributed by atoms with Crippen molar-refractivity contribution < 1.29 is 23.8 Å². The van der Waals surface area contributed by atoms with Crippen LogP contribution in [0, 0.1) is 0 Å². The second-order valence-corrected chi connectivity index (χ2v) is 9.85. The average Bonchev–Trinajstić information content (AvgIpc) is 3.02. The molecular formula is C36H32O5. The Hall–Kier alpha value is -4.90. The van der Waals surface area contributed by atoms with Gasteiger partial charge in [-0.05, 0) is 54.0 Å². The molecule has 0 spiro atoms. The fourth-order valence-corrected chi connectivity index (χ4v) is 4.99. The predicted molar refractivity (Wildman–Crippen MR) is 162 cm³/mol. The number of allylic oxidation sites excluding steroid dienone is 2. The number of carbonyl (C=O) groups excluding carboxylic acids is 2. The van der Waals surface area contributed by atoms with Gasteiger partial charge in [-0.15, -0.1) is 13.2 Å². The largest absolute Gasteiger partial charge is 0.473 e. The lowest BCUT2D eigenvalue weighted by atomic mass is 9.82. The first-order valence-corrected chi connectivity index (χ1v) is 13.7. The predicted octanol–water partition coefficient (Wildman–Crippen LogP) is 8.07. The van der Waals surface area contributed by atoms with Gasteiger partial charge in [0.15, 0.2) is 5.60 Å². The summed E-state index contributed by atoms with van der Waals surface area (Å²) in [7, 11) is 0. The monoisotopic (exact) mass is 544 g/mol. The van der Waals surface area contributed by atoms with E-state index < -0.39 is 5.60 Å². The van der Waals surface area contributed by atoms with Crippen LogP contribution >= 0.6 is 0 Å². The van der Waals surface area contributed by atoms with Gasteiger partial charge < -0.3 is 14.2 Å². The van der Waals surface area contributed by atoms with Gasteiger partial charge in [-0.3, -0.25) is 9.59 Å². The molecule has 0 amide bonds. The zero-order valence-electron chi connectivity index (χ0n) is 22.9. The van der Waals surface area contributed by atoms with Crippen LogP contribution in [0.1, 0.15) is 47.9 Å². The Balaban J connectivity index is 1.56. The first kappa shape index (κ1) is 27.7. The van der Waals surface area contributed by atoms with Gasteiger partial charge in [-0.1, -0.05) is 78.9 Å². The van der Waals surface area contributed by atoms with Gasteiger partial charge in [-0.25, -0.2) is 0 Å². The van der Waals surface area contributed by atoms with Crippen LogP contribution in [-0.2, 0) is 26.5 Å². The molecule has 206 valence electrons. The third-order valence-electron chi connectivity index (χ3n) is 7.08. The fourth-order valence-electron chi connectivity index (χ4n) is 4.99. The molecule has 1 aliphatic rings. The number of hydrogen-bond donors (Lipinski definition) is 0. The van der Waals surface area contributed by atoms with Crippen molar-refractivity contribution in [3.63, 3.8) is 0 Å². The van der Waals surface area contributed by atoms with Gasteiger partial charge in [-0.2, -0.15) is 0 Å². The van der Waals surface area contributed by atoms with Crippen LogP contribution in [0.25, 0.3) is 16.8 Å². The number of benzene rings is 4. The SMILES string of the molecule is C=CCCC(=O)OCc1cc2ccccc2c2c1OC(c1ccccc1)(c1ccc(OC(=O)CCC=C)cc1)C=C2. The molecule has 4 aromatic rings. The molecule has 1 aliphatic heterocycles. The number of esters is 2. The molecule has 0 bridgehead atoms. The lowest BCUT2D eigenvalue weighted by Gasteiger charge is -2.37. The number of ether oxygens (including phenoxy) is 3. The van der Waals surface area contributed by atoms with E-state index in [1.807, 2.05) is 66.7 Å². The number of rotatable bonds is 11. The summed E-state index contributed by atoms with van der Waals surface area (Å²) in [6.45, 7) is 7.42. The van der Waals surface area contributed by atoms with Gasteiger partial charge in [0.1, 0.15) is 18.1 Å². The molecule has 0 fully saturated rings. The summed E-state index contributed by atoms with van der Waals surface area (Å²) < 4.78 is 18.2. The Morgan fingerprint density at radius 1 is 0.805 bits per heavy atom.